The third-order valence-corrected chi connectivity index (χ3v) is 10.3. The topological polar surface area (TPSA) is 123 Å². The molecule has 5 aromatic rings. The molecule has 0 bridgehead atoms. The van der Waals surface area contributed by atoms with Crippen LogP contribution in [0.3, 0.4) is 0 Å². The number of aliphatic hydroxyl groups is 1. The summed E-state index contributed by atoms with van der Waals surface area (Å²) in [6, 6.07) is 36.0. The van der Waals surface area contributed by atoms with Gasteiger partial charge < -0.3 is 29.6 Å². The highest BCUT2D eigenvalue weighted by molar-refractivity contribution is 7.99. The van der Waals surface area contributed by atoms with Gasteiger partial charge in [-0.15, -0.1) is 0 Å². The second kappa shape index (κ2) is 18.8. The van der Waals surface area contributed by atoms with E-state index in [4.69, 9.17) is 18.9 Å². The zero-order valence-corrected chi connectivity index (χ0v) is 31.0. The minimum atomic E-state index is -0.621. The summed E-state index contributed by atoms with van der Waals surface area (Å²) in [6.45, 7) is 4.69. The minimum absolute atomic E-state index is 0.00392. The Bertz CT molecular complexity index is 1840. The number of oxazole rings is 1. The zero-order valence-electron chi connectivity index (χ0n) is 30.2. The number of ether oxygens (including phenoxy) is 2. The van der Waals surface area contributed by atoms with Gasteiger partial charge in [-0.3, -0.25) is 9.59 Å². The number of nitrogens with zero attached hydrogens (tertiary/aromatic N) is 1. The lowest BCUT2D eigenvalue weighted by atomic mass is 9.91. The predicted octanol–water partition coefficient (Wildman–Crippen LogP) is 8.40. The first-order valence-electron chi connectivity index (χ1n) is 18.2. The molecule has 2 heterocycles. The van der Waals surface area contributed by atoms with E-state index in [0.717, 1.165) is 64.1 Å². The molecule has 6 rings (SSSR count). The van der Waals surface area contributed by atoms with Crippen LogP contribution in [0.15, 0.2) is 119 Å². The summed E-state index contributed by atoms with van der Waals surface area (Å²) in [5, 5.41) is 16.0. The minimum Gasteiger partial charge on any atom is -0.431 e. The summed E-state index contributed by atoms with van der Waals surface area (Å²) in [4.78, 5) is 28.4. The van der Waals surface area contributed by atoms with Gasteiger partial charge in [-0.05, 0) is 29.5 Å². The van der Waals surface area contributed by atoms with Gasteiger partial charge in [0.1, 0.15) is 5.69 Å². The molecule has 2 amide bonds. The van der Waals surface area contributed by atoms with E-state index in [2.05, 4.69) is 17.6 Å². The number of carbonyl (C=O) groups is 2. The number of unbranched alkanes of at least 4 members (excludes halogenated alkanes) is 2. The van der Waals surface area contributed by atoms with Crippen molar-refractivity contribution >= 4 is 23.6 Å². The first-order chi connectivity index (χ1) is 25.9. The molecule has 9 nitrogen and oxygen atoms in total. The van der Waals surface area contributed by atoms with E-state index < -0.39 is 6.29 Å². The molecule has 4 atom stereocenters. The Morgan fingerprint density at radius 2 is 1.43 bits per heavy atom. The molecule has 1 fully saturated rings. The summed E-state index contributed by atoms with van der Waals surface area (Å²) in [5.74, 6) is 1.29. The smallest absolute Gasteiger partial charge is 0.256 e. The number of carbonyl (C=O) groups excluding carboxylic acids is 2. The van der Waals surface area contributed by atoms with Crippen molar-refractivity contribution in [2.24, 2.45) is 5.92 Å². The van der Waals surface area contributed by atoms with E-state index in [-0.39, 0.29) is 36.5 Å². The molecule has 276 valence electrons. The largest absolute Gasteiger partial charge is 0.431 e. The molecule has 3 N–H and O–H groups in total. The van der Waals surface area contributed by atoms with Crippen LogP contribution in [0, 0.1) is 5.92 Å². The molecule has 0 unspecified atom stereocenters. The van der Waals surface area contributed by atoms with Gasteiger partial charge in [0, 0.05) is 54.8 Å². The molecule has 0 aliphatic carbocycles. The van der Waals surface area contributed by atoms with Gasteiger partial charge in [-0.2, -0.15) is 0 Å². The van der Waals surface area contributed by atoms with Gasteiger partial charge in [0.2, 0.25) is 11.8 Å². The molecular formula is C43H47N3O6S. The molecule has 10 heteroatoms. The van der Waals surface area contributed by atoms with E-state index in [9.17, 15) is 14.7 Å². The van der Waals surface area contributed by atoms with Crippen molar-refractivity contribution in [1.29, 1.82) is 0 Å². The lowest BCUT2D eigenvalue weighted by molar-refractivity contribution is -0.268. The summed E-state index contributed by atoms with van der Waals surface area (Å²) in [6.07, 6.45) is 1.90. The highest BCUT2D eigenvalue weighted by atomic mass is 32.2. The van der Waals surface area contributed by atoms with E-state index in [1.807, 2.05) is 109 Å². The van der Waals surface area contributed by atoms with Gasteiger partial charge in [-0.1, -0.05) is 134 Å². The molecule has 1 aliphatic rings. The highest BCUT2D eigenvalue weighted by Crippen LogP contribution is 2.44. The Kier molecular flexibility index (Phi) is 13.5. The van der Waals surface area contributed by atoms with Crippen LogP contribution in [0.25, 0.3) is 22.6 Å². The molecule has 0 spiro atoms. The van der Waals surface area contributed by atoms with Crippen molar-refractivity contribution in [2.75, 3.05) is 12.3 Å². The number of benzene rings is 4. The van der Waals surface area contributed by atoms with Gasteiger partial charge in [0.05, 0.1) is 18.8 Å². The van der Waals surface area contributed by atoms with Gasteiger partial charge in [-0.25, -0.2) is 4.98 Å². The molecule has 1 saturated heterocycles. The van der Waals surface area contributed by atoms with Crippen LogP contribution in [0.1, 0.15) is 74.2 Å². The Morgan fingerprint density at radius 1 is 0.774 bits per heavy atom. The fraction of sp³-hybridized carbons (Fsp3) is 0.326. The average Bonchev–Trinajstić information content (AvgIpc) is 3.63. The van der Waals surface area contributed by atoms with Crippen LogP contribution >= 0.6 is 11.8 Å². The summed E-state index contributed by atoms with van der Waals surface area (Å²) < 4.78 is 19.8. The maximum Gasteiger partial charge on any atom is 0.256 e. The maximum atomic E-state index is 12.4. The fourth-order valence-electron chi connectivity index (χ4n) is 6.34. The number of hydrogen-bond acceptors (Lipinski definition) is 8. The fourth-order valence-corrected chi connectivity index (χ4v) is 7.32. The second-order valence-corrected chi connectivity index (χ2v) is 14.3. The monoisotopic (exact) mass is 733 g/mol. The summed E-state index contributed by atoms with van der Waals surface area (Å²) in [5.41, 5.74) is 6.47. The number of aromatic nitrogens is 1. The first kappa shape index (κ1) is 38.0. The van der Waals surface area contributed by atoms with E-state index in [0.29, 0.717) is 30.5 Å². The van der Waals surface area contributed by atoms with Crippen molar-refractivity contribution in [2.45, 2.75) is 76.4 Å². The number of hydrogen-bond donors (Lipinski definition) is 3. The normalized spacial score (nSPS) is 18.4. The van der Waals surface area contributed by atoms with Gasteiger partial charge in [0.25, 0.3) is 5.22 Å². The Morgan fingerprint density at radius 3 is 2.11 bits per heavy atom. The number of amides is 2. The number of thioether (sulfide) groups is 1. The molecule has 4 aromatic carbocycles. The second-order valence-electron chi connectivity index (χ2n) is 13.3. The third kappa shape index (κ3) is 10.4. The first-order valence-corrected chi connectivity index (χ1v) is 19.2. The maximum absolute atomic E-state index is 12.4. The van der Waals surface area contributed by atoms with Gasteiger partial charge in [0.15, 0.2) is 12.1 Å². The molecule has 53 heavy (non-hydrogen) atoms. The van der Waals surface area contributed by atoms with Crippen LogP contribution in [0.4, 0.5) is 0 Å². The molecular weight excluding hydrogens is 687 g/mol. The zero-order chi connectivity index (χ0) is 37.0. The predicted molar refractivity (Wildman–Crippen MR) is 207 cm³/mol. The van der Waals surface area contributed by atoms with E-state index >= 15 is 0 Å². The summed E-state index contributed by atoms with van der Waals surface area (Å²) in [7, 11) is 0. The highest BCUT2D eigenvalue weighted by Gasteiger charge is 2.38. The van der Waals surface area contributed by atoms with Crippen molar-refractivity contribution in [3.05, 3.63) is 131 Å². The average molecular weight is 734 g/mol. The van der Waals surface area contributed by atoms with Crippen LogP contribution in [-0.2, 0) is 32.2 Å². The molecule has 0 saturated carbocycles. The van der Waals surface area contributed by atoms with E-state index in [1.54, 1.807) is 0 Å². The van der Waals surface area contributed by atoms with Crippen molar-refractivity contribution in [3.63, 3.8) is 0 Å². The number of aliphatic hydroxyl groups excluding tert-OH is 1. The van der Waals surface area contributed by atoms with Crippen molar-refractivity contribution in [3.8, 4) is 22.6 Å². The van der Waals surface area contributed by atoms with Gasteiger partial charge >= 0.3 is 0 Å². The SMILES string of the molecule is CC(=O)NCCCCCC(=O)NCc1ccc([C@H]2O[C@@H](CSc3nc(-c4ccccc4)c(-c4ccccc4)o3)[C@@H](C)[C@@H](c3ccc(CO)cc3)O2)cc1. The lowest BCUT2D eigenvalue weighted by Gasteiger charge is -2.41. The van der Waals surface area contributed by atoms with Crippen LogP contribution in [-0.4, -0.2) is 40.3 Å². The molecule has 1 aromatic heterocycles. The molecule has 0 radical (unpaired) electrons. The van der Waals surface area contributed by atoms with Crippen molar-refractivity contribution < 1.29 is 28.6 Å². The van der Waals surface area contributed by atoms with E-state index in [1.165, 1.54) is 18.7 Å². The molecule has 1 aliphatic heterocycles. The van der Waals surface area contributed by atoms with Crippen LogP contribution < -0.4 is 10.6 Å². The van der Waals surface area contributed by atoms with Crippen LogP contribution in [0.2, 0.25) is 0 Å². The Hall–Kier alpha value is -4.74. The van der Waals surface area contributed by atoms with Crippen molar-refractivity contribution in [1.82, 2.24) is 15.6 Å². The lowest BCUT2D eigenvalue weighted by Crippen LogP contribution is -2.38. The van der Waals surface area contributed by atoms with Crippen LogP contribution in [0.5, 0.6) is 0 Å². The standard InChI is InChI=1S/C43H47N3O6S/c1-29-37(28-53-43-46-39(33-12-6-3-7-13-33)41(52-43)34-14-8-4-9-15-34)50-42(51-40(29)35-21-19-32(27-47)20-22-35)36-23-17-31(18-24-36)26-45-38(49)16-10-5-11-25-44-30(2)48/h3-4,6-9,12-15,17-24,29,37,40,42,47H,5,10-11,16,25-28H2,1-2H3,(H,44,48)(H,45,49)/t29-,37+,40+,42+/m1/s1. The number of nitrogens with one attached hydrogen (secondary N) is 2. The Labute approximate surface area is 315 Å². The number of rotatable bonds is 16. The third-order valence-electron chi connectivity index (χ3n) is 9.38. The Balaban J connectivity index is 1.14. The summed E-state index contributed by atoms with van der Waals surface area (Å²) >= 11 is 1.53. The quantitative estimate of drug-likeness (QED) is 0.0683.